The average Bonchev–Trinajstić information content (AvgIpc) is 1.78. The first-order chi connectivity index (χ1) is 5.13. The van der Waals surface area contributed by atoms with E-state index in [4.69, 9.17) is 0 Å². The van der Waals surface area contributed by atoms with Gasteiger partial charge in [-0.1, -0.05) is 26.8 Å². The number of ketones is 1. The molecule has 0 unspecified atom stereocenters. The Hall–Kier alpha value is -0.630. The third-order valence-corrected chi connectivity index (χ3v) is 1.38. The van der Waals surface area contributed by atoms with Gasteiger partial charge in [-0.2, -0.15) is 0 Å². The molecule has 12 heavy (non-hydrogen) atoms. The molecular weight excluding hydrogens is 152 g/mol. The molecule has 0 fully saturated rings. The van der Waals surface area contributed by atoms with Gasteiger partial charge in [0.2, 0.25) is 0 Å². The highest BCUT2D eigenvalue weighted by Gasteiger charge is 2.19. The molecule has 0 aromatic carbocycles. The minimum Gasteiger partial charge on any atom is -0.386 e. The Morgan fingerprint density at radius 1 is 1.17 bits per heavy atom. The number of carbonyl (C=O) groups is 1. The van der Waals surface area contributed by atoms with Gasteiger partial charge in [0, 0.05) is 5.41 Å². The highest BCUT2D eigenvalue weighted by molar-refractivity contribution is 5.93. The van der Waals surface area contributed by atoms with Gasteiger partial charge in [-0.25, -0.2) is 0 Å². The van der Waals surface area contributed by atoms with E-state index >= 15 is 0 Å². The fourth-order valence-corrected chi connectivity index (χ4v) is 0.530. The summed E-state index contributed by atoms with van der Waals surface area (Å²) in [6.45, 7) is 8.83. The molecule has 70 valence electrons. The van der Waals surface area contributed by atoms with E-state index in [1.165, 1.54) is 12.2 Å². The Bertz CT molecular complexity index is 189. The van der Waals surface area contributed by atoms with Gasteiger partial charge in [0.25, 0.3) is 0 Å². The maximum atomic E-state index is 11.3. The summed E-state index contributed by atoms with van der Waals surface area (Å²) < 4.78 is 0. The second-order valence-corrected chi connectivity index (χ2v) is 4.60. The average molecular weight is 170 g/mol. The molecule has 0 rings (SSSR count). The molecule has 0 aromatic rings. The van der Waals surface area contributed by atoms with E-state index in [1.807, 2.05) is 20.8 Å². The van der Waals surface area contributed by atoms with Gasteiger partial charge in [0.15, 0.2) is 5.78 Å². The van der Waals surface area contributed by atoms with Crippen LogP contribution in [-0.2, 0) is 4.79 Å². The van der Waals surface area contributed by atoms with Crippen LogP contribution < -0.4 is 0 Å². The largest absolute Gasteiger partial charge is 0.386 e. The van der Waals surface area contributed by atoms with Crippen LogP contribution in [0.25, 0.3) is 0 Å². The van der Waals surface area contributed by atoms with Crippen LogP contribution in [0, 0.1) is 5.41 Å². The Kier molecular flexibility index (Phi) is 3.22. The van der Waals surface area contributed by atoms with Crippen molar-refractivity contribution >= 4 is 5.78 Å². The number of hydrogen-bond donors (Lipinski definition) is 1. The van der Waals surface area contributed by atoms with E-state index in [9.17, 15) is 9.90 Å². The third-order valence-electron chi connectivity index (χ3n) is 1.38. The molecule has 0 aliphatic carbocycles. The first-order valence-corrected chi connectivity index (χ1v) is 4.09. The monoisotopic (exact) mass is 170 g/mol. The molecule has 0 spiro atoms. The second kappa shape index (κ2) is 3.40. The Morgan fingerprint density at radius 2 is 1.58 bits per heavy atom. The summed E-state index contributed by atoms with van der Waals surface area (Å²) in [6, 6.07) is 0. The molecule has 2 nitrogen and oxygen atoms in total. The first-order valence-electron chi connectivity index (χ1n) is 4.09. The molecule has 0 saturated heterocycles. The van der Waals surface area contributed by atoms with Crippen LogP contribution in [0.1, 0.15) is 34.6 Å². The van der Waals surface area contributed by atoms with E-state index in [0.29, 0.717) is 0 Å². The molecular formula is C10H18O2. The summed E-state index contributed by atoms with van der Waals surface area (Å²) in [4.78, 5) is 11.3. The summed E-state index contributed by atoms with van der Waals surface area (Å²) in [5, 5.41) is 9.29. The predicted molar refractivity (Wildman–Crippen MR) is 49.9 cm³/mol. The quantitative estimate of drug-likeness (QED) is 0.643. The number of aliphatic hydroxyl groups is 1. The highest BCUT2D eigenvalue weighted by Crippen LogP contribution is 2.16. The van der Waals surface area contributed by atoms with E-state index in [1.54, 1.807) is 13.8 Å². The fourth-order valence-electron chi connectivity index (χ4n) is 0.530. The summed E-state index contributed by atoms with van der Waals surface area (Å²) in [7, 11) is 0. The third kappa shape index (κ3) is 5.08. The number of rotatable bonds is 2. The zero-order valence-corrected chi connectivity index (χ0v) is 8.51. The second-order valence-electron chi connectivity index (χ2n) is 4.60. The molecule has 1 N–H and O–H groups in total. The van der Waals surface area contributed by atoms with Gasteiger partial charge < -0.3 is 5.11 Å². The lowest BCUT2D eigenvalue weighted by Gasteiger charge is -2.15. The van der Waals surface area contributed by atoms with Crippen molar-refractivity contribution < 1.29 is 9.90 Å². The molecule has 0 saturated carbocycles. The summed E-state index contributed by atoms with van der Waals surface area (Å²) in [6.07, 6.45) is 2.96. The van der Waals surface area contributed by atoms with Gasteiger partial charge in [-0.15, -0.1) is 0 Å². The molecule has 0 atom stereocenters. The Labute approximate surface area is 74.3 Å². The van der Waals surface area contributed by atoms with Crippen LogP contribution >= 0.6 is 0 Å². The number of allylic oxidation sites excluding steroid dienone is 1. The van der Waals surface area contributed by atoms with Crippen molar-refractivity contribution in [3.63, 3.8) is 0 Å². The maximum absolute atomic E-state index is 11.3. The van der Waals surface area contributed by atoms with E-state index in [-0.39, 0.29) is 11.2 Å². The fraction of sp³-hybridized carbons (Fsp3) is 0.700. The van der Waals surface area contributed by atoms with Gasteiger partial charge in [-0.3, -0.25) is 4.79 Å². The minimum absolute atomic E-state index is 0.0321. The SMILES string of the molecule is CC(C)(O)/C=C/C(=O)C(C)(C)C. The van der Waals surface area contributed by atoms with Crippen molar-refractivity contribution in [1.82, 2.24) is 0 Å². The van der Waals surface area contributed by atoms with Crippen molar-refractivity contribution in [2.24, 2.45) is 5.41 Å². The normalized spacial score (nSPS) is 13.8. The lowest BCUT2D eigenvalue weighted by atomic mass is 9.90. The van der Waals surface area contributed by atoms with Crippen LogP contribution in [0.2, 0.25) is 0 Å². The van der Waals surface area contributed by atoms with E-state index < -0.39 is 5.60 Å². The Balaban J connectivity index is 4.30. The van der Waals surface area contributed by atoms with Crippen molar-refractivity contribution in [3.05, 3.63) is 12.2 Å². The van der Waals surface area contributed by atoms with Crippen LogP contribution in [0.5, 0.6) is 0 Å². The van der Waals surface area contributed by atoms with Crippen molar-refractivity contribution in [2.75, 3.05) is 0 Å². The molecule has 2 heteroatoms. The molecule has 0 aliphatic heterocycles. The zero-order valence-electron chi connectivity index (χ0n) is 8.51. The summed E-state index contributed by atoms with van der Waals surface area (Å²) >= 11 is 0. The lowest BCUT2D eigenvalue weighted by molar-refractivity contribution is -0.121. The van der Waals surface area contributed by atoms with Crippen LogP contribution in [-0.4, -0.2) is 16.5 Å². The van der Waals surface area contributed by atoms with E-state index in [0.717, 1.165) is 0 Å². The van der Waals surface area contributed by atoms with Gasteiger partial charge in [-0.05, 0) is 19.9 Å². The topological polar surface area (TPSA) is 37.3 Å². The van der Waals surface area contributed by atoms with Gasteiger partial charge in [0.05, 0.1) is 5.60 Å². The first kappa shape index (κ1) is 11.4. The lowest BCUT2D eigenvalue weighted by Crippen LogP contribution is -2.20. The Morgan fingerprint density at radius 3 is 1.83 bits per heavy atom. The smallest absolute Gasteiger partial charge is 0.160 e. The van der Waals surface area contributed by atoms with Crippen molar-refractivity contribution in [2.45, 2.75) is 40.2 Å². The number of hydrogen-bond acceptors (Lipinski definition) is 2. The van der Waals surface area contributed by atoms with Crippen molar-refractivity contribution in [1.29, 1.82) is 0 Å². The van der Waals surface area contributed by atoms with Gasteiger partial charge >= 0.3 is 0 Å². The molecule has 0 aliphatic rings. The maximum Gasteiger partial charge on any atom is 0.160 e. The molecule has 0 amide bonds. The molecule has 0 radical (unpaired) electrons. The van der Waals surface area contributed by atoms with Crippen LogP contribution in [0.15, 0.2) is 12.2 Å². The molecule has 0 aromatic heterocycles. The van der Waals surface area contributed by atoms with Crippen LogP contribution in [0.4, 0.5) is 0 Å². The number of carbonyl (C=O) groups excluding carboxylic acids is 1. The molecule has 0 bridgehead atoms. The van der Waals surface area contributed by atoms with Crippen molar-refractivity contribution in [3.8, 4) is 0 Å². The van der Waals surface area contributed by atoms with E-state index in [2.05, 4.69) is 0 Å². The summed E-state index contributed by atoms with van der Waals surface area (Å²) in [5.74, 6) is 0.0321. The highest BCUT2D eigenvalue weighted by atomic mass is 16.3. The van der Waals surface area contributed by atoms with Crippen LogP contribution in [0.3, 0.4) is 0 Å². The van der Waals surface area contributed by atoms with Gasteiger partial charge in [0.1, 0.15) is 0 Å². The standard InChI is InChI=1S/C10H18O2/c1-9(2,3)8(11)6-7-10(4,5)12/h6-7,12H,1-5H3/b7-6+. The predicted octanol–water partition coefficient (Wildman–Crippen LogP) is 1.93. The minimum atomic E-state index is -0.902. The zero-order chi connectivity index (χ0) is 9.99. The molecule has 0 heterocycles. The summed E-state index contributed by atoms with van der Waals surface area (Å²) in [5.41, 5.74) is -1.26.